The molecule has 1 aliphatic rings. The summed E-state index contributed by atoms with van der Waals surface area (Å²) in [6, 6.07) is 2.71. The van der Waals surface area contributed by atoms with Crippen LogP contribution < -0.4 is 10.5 Å². The Labute approximate surface area is 144 Å². The Hall–Kier alpha value is -1.54. The molecular formula is C15H21ClF3N3O2. The topological polar surface area (TPSA) is 68.5 Å². The number of nitrogens with two attached hydrogens (primary N) is 1. The van der Waals surface area contributed by atoms with Crippen molar-refractivity contribution < 1.29 is 22.7 Å². The Morgan fingerprint density at radius 2 is 2.21 bits per heavy atom. The van der Waals surface area contributed by atoms with Crippen LogP contribution in [0.25, 0.3) is 0 Å². The van der Waals surface area contributed by atoms with E-state index >= 15 is 0 Å². The molecular weight excluding hydrogens is 347 g/mol. The average molecular weight is 368 g/mol. The van der Waals surface area contributed by atoms with Crippen molar-refractivity contribution in [1.29, 1.82) is 0 Å². The summed E-state index contributed by atoms with van der Waals surface area (Å²) >= 11 is 0. The van der Waals surface area contributed by atoms with Crippen LogP contribution in [0.5, 0.6) is 5.88 Å². The first kappa shape index (κ1) is 20.5. The standard InChI is InChI=1S/C15H20F3N3O2.ClH/c1-10(19)12-3-2-6-21(8-12)14(22)11-4-5-13(20-7-11)23-9-15(16,17)18;/h4-5,7,10,12H,2-3,6,8-9,19H2,1H3;1H. The molecule has 2 N–H and O–H groups in total. The van der Waals surface area contributed by atoms with Crippen molar-refractivity contribution >= 4 is 18.3 Å². The summed E-state index contributed by atoms with van der Waals surface area (Å²) in [7, 11) is 0. The molecule has 5 nitrogen and oxygen atoms in total. The number of rotatable bonds is 4. The number of carbonyl (C=O) groups is 1. The lowest BCUT2D eigenvalue weighted by atomic mass is 9.92. The highest BCUT2D eigenvalue weighted by atomic mass is 35.5. The molecule has 24 heavy (non-hydrogen) atoms. The van der Waals surface area contributed by atoms with Gasteiger partial charge < -0.3 is 15.4 Å². The van der Waals surface area contributed by atoms with Crippen molar-refractivity contribution in [3.63, 3.8) is 0 Å². The molecule has 2 atom stereocenters. The second-order valence-corrected chi connectivity index (χ2v) is 5.80. The van der Waals surface area contributed by atoms with Crippen LogP contribution in [0.3, 0.4) is 0 Å². The Morgan fingerprint density at radius 3 is 2.75 bits per heavy atom. The second-order valence-electron chi connectivity index (χ2n) is 5.80. The minimum Gasteiger partial charge on any atom is -0.468 e. The highest BCUT2D eigenvalue weighted by Gasteiger charge is 2.29. The van der Waals surface area contributed by atoms with Crippen molar-refractivity contribution in [2.75, 3.05) is 19.7 Å². The van der Waals surface area contributed by atoms with E-state index in [-0.39, 0.29) is 36.2 Å². The molecule has 0 saturated carbocycles. The molecule has 1 aromatic rings. The molecule has 0 aromatic carbocycles. The number of alkyl halides is 3. The van der Waals surface area contributed by atoms with E-state index in [0.717, 1.165) is 12.8 Å². The van der Waals surface area contributed by atoms with Crippen LogP contribution in [0.4, 0.5) is 13.2 Å². The largest absolute Gasteiger partial charge is 0.468 e. The molecule has 2 unspecified atom stereocenters. The van der Waals surface area contributed by atoms with E-state index < -0.39 is 12.8 Å². The van der Waals surface area contributed by atoms with E-state index in [4.69, 9.17) is 5.73 Å². The zero-order valence-corrected chi connectivity index (χ0v) is 14.1. The lowest BCUT2D eigenvalue weighted by Gasteiger charge is -2.34. The van der Waals surface area contributed by atoms with Crippen molar-refractivity contribution in [2.45, 2.75) is 32.0 Å². The van der Waals surface area contributed by atoms with Gasteiger partial charge in [0.05, 0.1) is 5.56 Å². The monoisotopic (exact) mass is 367 g/mol. The van der Waals surface area contributed by atoms with E-state index in [0.29, 0.717) is 18.7 Å². The Kier molecular flexibility index (Phi) is 7.28. The van der Waals surface area contributed by atoms with Gasteiger partial charge in [0.1, 0.15) is 0 Å². The number of hydrogen-bond donors (Lipinski definition) is 1. The Balaban J connectivity index is 0.00000288. The van der Waals surface area contributed by atoms with Gasteiger partial charge in [-0.3, -0.25) is 4.79 Å². The van der Waals surface area contributed by atoms with Crippen LogP contribution >= 0.6 is 12.4 Å². The van der Waals surface area contributed by atoms with E-state index in [1.807, 2.05) is 6.92 Å². The average Bonchev–Trinajstić information content (AvgIpc) is 2.52. The van der Waals surface area contributed by atoms with Gasteiger partial charge in [-0.25, -0.2) is 4.98 Å². The quantitative estimate of drug-likeness (QED) is 0.888. The third-order valence-corrected chi connectivity index (χ3v) is 3.86. The van der Waals surface area contributed by atoms with Gasteiger partial charge in [0, 0.05) is 31.4 Å². The minimum absolute atomic E-state index is 0. The minimum atomic E-state index is -4.42. The van der Waals surface area contributed by atoms with Crippen LogP contribution in [0, 0.1) is 5.92 Å². The summed E-state index contributed by atoms with van der Waals surface area (Å²) in [4.78, 5) is 17.9. The molecule has 2 heterocycles. The van der Waals surface area contributed by atoms with Gasteiger partial charge in [0.25, 0.3) is 5.91 Å². The van der Waals surface area contributed by atoms with Crippen LogP contribution in [0.15, 0.2) is 18.3 Å². The van der Waals surface area contributed by atoms with Crippen molar-refractivity contribution in [3.05, 3.63) is 23.9 Å². The fourth-order valence-electron chi connectivity index (χ4n) is 2.55. The van der Waals surface area contributed by atoms with Crippen LogP contribution in [0.2, 0.25) is 0 Å². The predicted molar refractivity (Wildman–Crippen MR) is 85.3 cm³/mol. The Morgan fingerprint density at radius 1 is 1.50 bits per heavy atom. The molecule has 1 aromatic heterocycles. The molecule has 2 rings (SSSR count). The predicted octanol–water partition coefficient (Wildman–Crippen LogP) is 2.64. The van der Waals surface area contributed by atoms with E-state index in [9.17, 15) is 18.0 Å². The molecule has 1 amide bonds. The smallest absolute Gasteiger partial charge is 0.422 e. The molecule has 0 spiro atoms. The van der Waals surface area contributed by atoms with Crippen molar-refractivity contribution in [1.82, 2.24) is 9.88 Å². The van der Waals surface area contributed by atoms with Crippen molar-refractivity contribution in [3.8, 4) is 5.88 Å². The summed E-state index contributed by atoms with van der Waals surface area (Å²) in [5.41, 5.74) is 6.23. The number of halogens is 4. The lowest BCUT2D eigenvalue weighted by Crippen LogP contribution is -2.45. The zero-order chi connectivity index (χ0) is 17.0. The first-order valence-electron chi connectivity index (χ1n) is 7.47. The number of carbonyl (C=O) groups excluding carboxylic acids is 1. The number of nitrogens with zero attached hydrogens (tertiary/aromatic N) is 2. The van der Waals surface area contributed by atoms with Gasteiger partial charge in [-0.2, -0.15) is 13.2 Å². The molecule has 1 fully saturated rings. The van der Waals surface area contributed by atoms with Crippen molar-refractivity contribution in [2.24, 2.45) is 11.7 Å². The number of ether oxygens (including phenoxy) is 1. The number of amides is 1. The second kappa shape index (κ2) is 8.53. The van der Waals surface area contributed by atoms with Gasteiger partial charge in [-0.1, -0.05) is 0 Å². The molecule has 1 saturated heterocycles. The highest BCUT2D eigenvalue weighted by Crippen LogP contribution is 2.21. The molecule has 0 radical (unpaired) electrons. The summed E-state index contributed by atoms with van der Waals surface area (Å²) in [6.07, 6.45) is -1.30. The van der Waals surface area contributed by atoms with Gasteiger partial charge in [-0.15, -0.1) is 12.4 Å². The SMILES string of the molecule is CC(N)C1CCCN(C(=O)c2ccc(OCC(F)(F)F)nc2)C1.Cl. The van der Waals surface area contributed by atoms with Crippen LogP contribution in [-0.4, -0.2) is 47.7 Å². The third kappa shape index (κ3) is 5.83. The van der Waals surface area contributed by atoms with Crippen LogP contribution in [-0.2, 0) is 0 Å². The number of pyridine rings is 1. The maximum absolute atomic E-state index is 12.4. The maximum Gasteiger partial charge on any atom is 0.422 e. The zero-order valence-electron chi connectivity index (χ0n) is 13.3. The summed E-state index contributed by atoms with van der Waals surface area (Å²) < 4.78 is 40.7. The van der Waals surface area contributed by atoms with E-state index in [1.165, 1.54) is 18.3 Å². The maximum atomic E-state index is 12.4. The van der Waals surface area contributed by atoms with Gasteiger partial charge in [0.2, 0.25) is 5.88 Å². The van der Waals surface area contributed by atoms with Gasteiger partial charge in [0.15, 0.2) is 6.61 Å². The normalized spacial score (nSPS) is 19.4. The Bertz CT molecular complexity index is 538. The number of likely N-dealkylation sites (tertiary alicyclic amines) is 1. The third-order valence-electron chi connectivity index (χ3n) is 3.86. The number of piperidine rings is 1. The van der Waals surface area contributed by atoms with Gasteiger partial charge in [-0.05, 0) is 31.7 Å². The molecule has 136 valence electrons. The van der Waals surface area contributed by atoms with Crippen LogP contribution in [0.1, 0.15) is 30.1 Å². The first-order valence-corrected chi connectivity index (χ1v) is 7.47. The fraction of sp³-hybridized carbons (Fsp3) is 0.600. The first-order chi connectivity index (χ1) is 10.8. The van der Waals surface area contributed by atoms with Gasteiger partial charge >= 0.3 is 6.18 Å². The lowest BCUT2D eigenvalue weighted by molar-refractivity contribution is -0.154. The summed E-state index contributed by atoms with van der Waals surface area (Å²) in [5, 5.41) is 0. The highest BCUT2D eigenvalue weighted by molar-refractivity contribution is 5.94. The fourth-order valence-corrected chi connectivity index (χ4v) is 2.55. The molecule has 9 heteroatoms. The van der Waals surface area contributed by atoms with E-state index in [2.05, 4.69) is 9.72 Å². The number of hydrogen-bond acceptors (Lipinski definition) is 4. The molecule has 1 aliphatic heterocycles. The number of aromatic nitrogens is 1. The molecule has 0 aliphatic carbocycles. The summed E-state index contributed by atoms with van der Waals surface area (Å²) in [6.45, 7) is 1.75. The van der Waals surface area contributed by atoms with E-state index in [1.54, 1.807) is 4.90 Å². The summed E-state index contributed by atoms with van der Waals surface area (Å²) in [5.74, 6) is -0.0914. The molecule has 0 bridgehead atoms.